The summed E-state index contributed by atoms with van der Waals surface area (Å²) in [6.07, 6.45) is -0.233. The summed E-state index contributed by atoms with van der Waals surface area (Å²) in [4.78, 5) is 0. The fourth-order valence-electron chi connectivity index (χ4n) is 1.63. The molecule has 3 unspecified atom stereocenters. The highest BCUT2D eigenvalue weighted by Crippen LogP contribution is 2.17. The van der Waals surface area contributed by atoms with Crippen LogP contribution < -0.4 is 0 Å². The SMILES string of the molecule is CC1CN(S(=O)(=O)C(C)C#N)CC(C)O1. The molecule has 0 amide bonds. The van der Waals surface area contributed by atoms with Gasteiger partial charge in [0.2, 0.25) is 10.0 Å². The lowest BCUT2D eigenvalue weighted by molar-refractivity contribution is -0.0441. The van der Waals surface area contributed by atoms with Crippen LogP contribution in [0.15, 0.2) is 0 Å². The highest BCUT2D eigenvalue weighted by Gasteiger charge is 2.34. The third kappa shape index (κ3) is 2.68. The fourth-order valence-corrected chi connectivity index (χ4v) is 3.04. The van der Waals surface area contributed by atoms with Crippen LogP contribution in [-0.2, 0) is 14.8 Å². The Hall–Kier alpha value is -0.640. The van der Waals surface area contributed by atoms with Crippen LogP contribution in [0.25, 0.3) is 0 Å². The van der Waals surface area contributed by atoms with Gasteiger partial charge in [0.05, 0.1) is 18.3 Å². The van der Waals surface area contributed by atoms with Crippen molar-refractivity contribution in [2.45, 2.75) is 38.2 Å². The van der Waals surface area contributed by atoms with Crippen LogP contribution in [0.4, 0.5) is 0 Å². The number of hydrogen-bond acceptors (Lipinski definition) is 4. The highest BCUT2D eigenvalue weighted by atomic mass is 32.2. The first kappa shape index (κ1) is 12.4. The molecule has 1 aliphatic rings. The summed E-state index contributed by atoms with van der Waals surface area (Å²) in [7, 11) is -3.49. The van der Waals surface area contributed by atoms with E-state index in [-0.39, 0.29) is 12.2 Å². The van der Waals surface area contributed by atoms with Crippen molar-refractivity contribution < 1.29 is 13.2 Å². The molecule has 1 fully saturated rings. The van der Waals surface area contributed by atoms with Crippen LogP contribution in [0, 0.1) is 11.3 Å². The minimum Gasteiger partial charge on any atom is -0.373 e. The lowest BCUT2D eigenvalue weighted by Gasteiger charge is -2.34. The summed E-state index contributed by atoms with van der Waals surface area (Å²) in [5, 5.41) is 7.66. The molecule has 0 saturated carbocycles. The first-order valence-electron chi connectivity index (χ1n) is 4.92. The van der Waals surface area contributed by atoms with Gasteiger partial charge < -0.3 is 4.74 Å². The minimum atomic E-state index is -3.49. The predicted molar refractivity (Wildman–Crippen MR) is 55.6 cm³/mol. The molecule has 0 radical (unpaired) electrons. The number of rotatable bonds is 2. The molecule has 5 nitrogen and oxygen atoms in total. The summed E-state index contributed by atoms with van der Waals surface area (Å²) >= 11 is 0. The van der Waals surface area contributed by atoms with E-state index in [9.17, 15) is 8.42 Å². The first-order valence-corrected chi connectivity index (χ1v) is 6.42. The molecule has 0 spiro atoms. The number of morpholine rings is 1. The molecule has 1 heterocycles. The average molecular weight is 232 g/mol. The highest BCUT2D eigenvalue weighted by molar-refractivity contribution is 7.89. The Morgan fingerprint density at radius 3 is 2.27 bits per heavy atom. The van der Waals surface area contributed by atoms with Crippen molar-refractivity contribution in [3.05, 3.63) is 0 Å². The summed E-state index contributed by atoms with van der Waals surface area (Å²) in [5.41, 5.74) is 0. The maximum Gasteiger partial charge on any atom is 0.230 e. The van der Waals surface area contributed by atoms with Crippen molar-refractivity contribution in [3.63, 3.8) is 0 Å². The number of nitriles is 1. The third-order valence-electron chi connectivity index (χ3n) is 2.37. The number of sulfonamides is 1. The van der Waals surface area contributed by atoms with Crippen LogP contribution in [0.5, 0.6) is 0 Å². The monoisotopic (exact) mass is 232 g/mol. The fraction of sp³-hybridized carbons (Fsp3) is 0.889. The maximum atomic E-state index is 11.9. The van der Waals surface area contributed by atoms with E-state index < -0.39 is 15.3 Å². The van der Waals surface area contributed by atoms with Crippen molar-refractivity contribution in [1.29, 1.82) is 5.26 Å². The van der Waals surface area contributed by atoms with E-state index in [1.54, 1.807) is 6.07 Å². The molecule has 0 N–H and O–H groups in total. The second-order valence-electron chi connectivity index (χ2n) is 3.89. The van der Waals surface area contributed by atoms with Gasteiger partial charge >= 0.3 is 0 Å². The van der Waals surface area contributed by atoms with E-state index in [1.165, 1.54) is 11.2 Å². The normalized spacial score (nSPS) is 30.8. The molecule has 1 aliphatic heterocycles. The Balaban J connectivity index is 2.84. The van der Waals surface area contributed by atoms with Gasteiger partial charge in [0.25, 0.3) is 0 Å². The van der Waals surface area contributed by atoms with E-state index in [2.05, 4.69) is 0 Å². The molecule has 1 rings (SSSR count). The van der Waals surface area contributed by atoms with Gasteiger partial charge in [0.15, 0.2) is 5.25 Å². The van der Waals surface area contributed by atoms with E-state index in [4.69, 9.17) is 10.00 Å². The Morgan fingerprint density at radius 1 is 1.40 bits per heavy atom. The van der Waals surface area contributed by atoms with Crippen molar-refractivity contribution >= 4 is 10.0 Å². The number of nitrogens with zero attached hydrogens (tertiary/aromatic N) is 2. The minimum absolute atomic E-state index is 0.116. The first-order chi connectivity index (χ1) is 6.87. The summed E-state index contributed by atoms with van der Waals surface area (Å²) in [6, 6.07) is 1.76. The van der Waals surface area contributed by atoms with Crippen molar-refractivity contribution in [1.82, 2.24) is 4.31 Å². The molecule has 3 atom stereocenters. The zero-order valence-corrected chi connectivity index (χ0v) is 9.99. The molecule has 0 aromatic heterocycles. The lowest BCUT2D eigenvalue weighted by Crippen LogP contribution is -2.50. The summed E-state index contributed by atoms with van der Waals surface area (Å²) < 4.78 is 30.5. The van der Waals surface area contributed by atoms with Crippen LogP contribution in [0.1, 0.15) is 20.8 Å². The van der Waals surface area contributed by atoms with Gasteiger partial charge in [-0.3, -0.25) is 0 Å². The largest absolute Gasteiger partial charge is 0.373 e. The van der Waals surface area contributed by atoms with Crippen LogP contribution in [0.3, 0.4) is 0 Å². The molecular formula is C9H16N2O3S. The molecular weight excluding hydrogens is 216 g/mol. The zero-order valence-electron chi connectivity index (χ0n) is 9.17. The van der Waals surface area contributed by atoms with Gasteiger partial charge in [-0.2, -0.15) is 9.57 Å². The van der Waals surface area contributed by atoms with Crippen LogP contribution in [-0.4, -0.2) is 43.3 Å². The van der Waals surface area contributed by atoms with E-state index in [1.807, 2.05) is 13.8 Å². The molecule has 0 aromatic rings. The topological polar surface area (TPSA) is 70.4 Å². The third-order valence-corrected chi connectivity index (χ3v) is 4.39. The standard InChI is InChI=1S/C9H16N2O3S/c1-7-5-11(6-8(2)14-7)15(12,13)9(3)4-10/h7-9H,5-6H2,1-3H3. The Bertz CT molecular complexity index is 350. The maximum absolute atomic E-state index is 11.9. The van der Waals surface area contributed by atoms with Crippen molar-refractivity contribution in [2.24, 2.45) is 0 Å². The molecule has 0 aromatic carbocycles. The second-order valence-corrected chi connectivity index (χ2v) is 6.14. The lowest BCUT2D eigenvalue weighted by atomic mass is 10.3. The second kappa shape index (κ2) is 4.47. The van der Waals surface area contributed by atoms with E-state index in [0.29, 0.717) is 13.1 Å². The molecule has 6 heteroatoms. The molecule has 0 bridgehead atoms. The quantitative estimate of drug-likeness (QED) is 0.688. The van der Waals surface area contributed by atoms with Gasteiger partial charge in [-0.15, -0.1) is 0 Å². The summed E-state index contributed by atoms with van der Waals surface area (Å²) in [5.74, 6) is 0. The van der Waals surface area contributed by atoms with Crippen LogP contribution >= 0.6 is 0 Å². The summed E-state index contributed by atoms with van der Waals surface area (Å²) in [6.45, 7) is 5.72. The number of ether oxygens (including phenoxy) is 1. The molecule has 0 aliphatic carbocycles. The smallest absolute Gasteiger partial charge is 0.230 e. The van der Waals surface area contributed by atoms with Gasteiger partial charge in [-0.1, -0.05) is 0 Å². The zero-order chi connectivity index (χ0) is 11.6. The molecule has 15 heavy (non-hydrogen) atoms. The van der Waals surface area contributed by atoms with Gasteiger partial charge in [0, 0.05) is 13.1 Å². The van der Waals surface area contributed by atoms with Gasteiger partial charge in [-0.25, -0.2) is 8.42 Å². The van der Waals surface area contributed by atoms with Crippen molar-refractivity contribution in [2.75, 3.05) is 13.1 Å². The van der Waals surface area contributed by atoms with Crippen molar-refractivity contribution in [3.8, 4) is 6.07 Å². The van der Waals surface area contributed by atoms with Crippen LogP contribution in [0.2, 0.25) is 0 Å². The van der Waals surface area contributed by atoms with Gasteiger partial charge in [-0.05, 0) is 20.8 Å². The number of hydrogen-bond donors (Lipinski definition) is 0. The Kier molecular flexibility index (Phi) is 3.71. The average Bonchev–Trinajstić information content (AvgIpc) is 2.15. The molecule has 1 saturated heterocycles. The van der Waals surface area contributed by atoms with E-state index in [0.717, 1.165) is 0 Å². The van der Waals surface area contributed by atoms with Gasteiger partial charge in [0.1, 0.15) is 0 Å². The predicted octanol–water partition coefficient (Wildman–Crippen LogP) is 0.337. The molecule has 86 valence electrons. The Morgan fingerprint density at radius 2 is 1.87 bits per heavy atom. The Labute approximate surface area is 90.7 Å². The van der Waals surface area contributed by atoms with E-state index >= 15 is 0 Å².